The van der Waals surface area contributed by atoms with E-state index in [-0.39, 0.29) is 23.4 Å². The third-order valence-corrected chi connectivity index (χ3v) is 4.83. The van der Waals surface area contributed by atoms with Gasteiger partial charge in [-0.25, -0.2) is 23.5 Å². The number of halogens is 2. The molecule has 2 aromatic heterocycles. The molecule has 0 atom stereocenters. The van der Waals surface area contributed by atoms with Crippen molar-refractivity contribution >= 4 is 22.8 Å². The molecule has 0 fully saturated rings. The van der Waals surface area contributed by atoms with Gasteiger partial charge in [-0.15, -0.1) is 0 Å². The molecule has 0 aliphatic carbocycles. The zero-order chi connectivity index (χ0) is 23.5. The van der Waals surface area contributed by atoms with Crippen LogP contribution >= 0.6 is 0 Å². The van der Waals surface area contributed by atoms with Crippen molar-refractivity contribution in [1.82, 2.24) is 19.1 Å². The number of nitrogens with zero attached hydrogens (tertiary/aromatic N) is 4. The summed E-state index contributed by atoms with van der Waals surface area (Å²) >= 11 is 0. The summed E-state index contributed by atoms with van der Waals surface area (Å²) in [5.41, 5.74) is -1.32. The maximum atomic E-state index is 13.9. The fraction of sp³-hybridized carbons (Fsp3) is 0.136. The first-order chi connectivity index (χ1) is 15.9. The van der Waals surface area contributed by atoms with Gasteiger partial charge in [0.25, 0.3) is 5.56 Å². The summed E-state index contributed by atoms with van der Waals surface area (Å²) in [6.45, 7) is -0.682. The molecule has 0 aliphatic rings. The normalized spacial score (nSPS) is 10.9. The molecule has 4 aromatic rings. The first kappa shape index (κ1) is 21.8. The van der Waals surface area contributed by atoms with E-state index >= 15 is 0 Å². The van der Waals surface area contributed by atoms with Gasteiger partial charge in [-0.3, -0.25) is 18.7 Å². The van der Waals surface area contributed by atoms with Crippen LogP contribution in [0.3, 0.4) is 0 Å². The summed E-state index contributed by atoms with van der Waals surface area (Å²) in [4.78, 5) is 46.7. The summed E-state index contributed by atoms with van der Waals surface area (Å²) in [7, 11) is 1.49. The second kappa shape index (κ2) is 8.99. The zero-order valence-electron chi connectivity index (χ0n) is 17.3. The smallest absolute Gasteiger partial charge is 0.333 e. The highest BCUT2D eigenvalue weighted by Gasteiger charge is 2.18. The Kier molecular flexibility index (Phi) is 5.94. The summed E-state index contributed by atoms with van der Waals surface area (Å²) in [5.74, 6) is -2.00. The lowest BCUT2D eigenvalue weighted by atomic mass is 10.2. The monoisotopic (exact) mass is 453 g/mol. The Morgan fingerprint density at radius 3 is 2.61 bits per heavy atom. The second-order valence-corrected chi connectivity index (χ2v) is 7.01. The standard InChI is InChI=1S/C22H17F2N5O4/c1-33-15-4-2-3-13(9-15)11-29-21(31)19-20(26-8-7-25-19)28(22(29)32)12-18(30)27-17-6-5-14(23)10-16(17)24/h2-10H,11-12H2,1H3,(H,27,30). The van der Waals surface area contributed by atoms with Crippen molar-refractivity contribution in [3.63, 3.8) is 0 Å². The third kappa shape index (κ3) is 4.47. The highest BCUT2D eigenvalue weighted by molar-refractivity contribution is 5.91. The molecule has 0 bridgehead atoms. The fourth-order valence-corrected chi connectivity index (χ4v) is 3.29. The van der Waals surface area contributed by atoms with Gasteiger partial charge in [-0.2, -0.15) is 0 Å². The van der Waals surface area contributed by atoms with Crippen LogP contribution in [0, 0.1) is 11.6 Å². The summed E-state index contributed by atoms with van der Waals surface area (Å²) in [5, 5.41) is 2.28. The maximum absolute atomic E-state index is 13.9. The molecular weight excluding hydrogens is 436 g/mol. The van der Waals surface area contributed by atoms with Crippen LogP contribution in [0.5, 0.6) is 5.75 Å². The van der Waals surface area contributed by atoms with Crippen LogP contribution in [0.4, 0.5) is 14.5 Å². The minimum atomic E-state index is -0.969. The van der Waals surface area contributed by atoms with Gasteiger partial charge in [0.15, 0.2) is 11.2 Å². The molecule has 1 N–H and O–H groups in total. The second-order valence-electron chi connectivity index (χ2n) is 7.01. The number of benzene rings is 2. The molecule has 9 nitrogen and oxygen atoms in total. The van der Waals surface area contributed by atoms with Crippen LogP contribution in [0.2, 0.25) is 0 Å². The van der Waals surface area contributed by atoms with Crippen LogP contribution in [-0.4, -0.2) is 32.1 Å². The van der Waals surface area contributed by atoms with Crippen LogP contribution in [-0.2, 0) is 17.9 Å². The molecule has 0 aliphatic heterocycles. The van der Waals surface area contributed by atoms with Crippen molar-refractivity contribution in [3.05, 3.63) is 92.9 Å². The zero-order valence-corrected chi connectivity index (χ0v) is 17.3. The van der Waals surface area contributed by atoms with E-state index in [4.69, 9.17) is 4.74 Å². The summed E-state index contributed by atoms with van der Waals surface area (Å²) < 4.78 is 34.1. The number of amides is 1. The first-order valence-electron chi connectivity index (χ1n) is 9.69. The number of fused-ring (bicyclic) bond motifs is 1. The molecule has 2 heterocycles. The average molecular weight is 453 g/mol. The Hall–Kier alpha value is -4.41. The number of anilines is 1. The lowest BCUT2D eigenvalue weighted by Crippen LogP contribution is -2.42. The maximum Gasteiger partial charge on any atom is 0.333 e. The van der Waals surface area contributed by atoms with Gasteiger partial charge in [0.2, 0.25) is 5.91 Å². The molecule has 33 heavy (non-hydrogen) atoms. The van der Waals surface area contributed by atoms with Crippen molar-refractivity contribution in [3.8, 4) is 5.75 Å². The van der Waals surface area contributed by atoms with Gasteiger partial charge < -0.3 is 10.1 Å². The number of hydrogen-bond acceptors (Lipinski definition) is 6. The highest BCUT2D eigenvalue weighted by atomic mass is 19.1. The van der Waals surface area contributed by atoms with Gasteiger partial charge >= 0.3 is 5.69 Å². The molecule has 168 valence electrons. The molecule has 0 unspecified atom stereocenters. The highest BCUT2D eigenvalue weighted by Crippen LogP contribution is 2.15. The van der Waals surface area contributed by atoms with Crippen molar-refractivity contribution in [2.75, 3.05) is 12.4 Å². The number of carbonyl (C=O) groups is 1. The first-order valence-corrected chi connectivity index (χ1v) is 9.69. The van der Waals surface area contributed by atoms with Gasteiger partial charge in [-0.05, 0) is 29.8 Å². The SMILES string of the molecule is COc1cccc(Cn2c(=O)c3nccnc3n(CC(=O)Nc3ccc(F)cc3F)c2=O)c1. The van der Waals surface area contributed by atoms with E-state index in [2.05, 4.69) is 15.3 Å². The Balaban J connectivity index is 1.75. The van der Waals surface area contributed by atoms with Gasteiger partial charge in [0.1, 0.15) is 23.9 Å². The predicted octanol–water partition coefficient (Wildman–Crippen LogP) is 1.93. The quantitative estimate of drug-likeness (QED) is 0.478. The summed E-state index contributed by atoms with van der Waals surface area (Å²) in [6.07, 6.45) is 2.57. The third-order valence-electron chi connectivity index (χ3n) is 4.83. The van der Waals surface area contributed by atoms with Crippen molar-refractivity contribution in [2.45, 2.75) is 13.1 Å². The number of rotatable bonds is 6. The molecule has 4 rings (SSSR count). The molecule has 2 aromatic carbocycles. The van der Waals surface area contributed by atoms with Crippen LogP contribution < -0.4 is 21.3 Å². The lowest BCUT2D eigenvalue weighted by molar-refractivity contribution is -0.116. The molecule has 0 saturated heterocycles. The van der Waals surface area contributed by atoms with Gasteiger partial charge in [0.05, 0.1) is 19.3 Å². The number of ether oxygens (including phenoxy) is 1. The molecule has 11 heteroatoms. The lowest BCUT2D eigenvalue weighted by Gasteiger charge is -2.13. The number of aromatic nitrogens is 4. The number of methoxy groups -OCH3 is 1. The Morgan fingerprint density at radius 2 is 1.85 bits per heavy atom. The average Bonchev–Trinajstić information content (AvgIpc) is 2.81. The van der Waals surface area contributed by atoms with E-state index in [1.807, 2.05) is 0 Å². The summed E-state index contributed by atoms with van der Waals surface area (Å²) in [6, 6.07) is 9.48. The molecule has 0 spiro atoms. The molecular formula is C22H17F2N5O4. The van der Waals surface area contributed by atoms with E-state index in [1.165, 1.54) is 19.5 Å². The van der Waals surface area contributed by atoms with Crippen molar-refractivity contribution in [1.29, 1.82) is 0 Å². The van der Waals surface area contributed by atoms with E-state index in [9.17, 15) is 23.2 Å². The minimum absolute atomic E-state index is 0.0934. The number of carbonyl (C=O) groups excluding carboxylic acids is 1. The Morgan fingerprint density at radius 1 is 1.06 bits per heavy atom. The topological polar surface area (TPSA) is 108 Å². The molecule has 1 amide bonds. The fourth-order valence-electron chi connectivity index (χ4n) is 3.29. The molecule has 0 saturated carbocycles. The Labute approximate surface area is 184 Å². The number of hydrogen-bond donors (Lipinski definition) is 1. The van der Waals surface area contributed by atoms with E-state index < -0.39 is 35.3 Å². The largest absolute Gasteiger partial charge is 0.497 e. The molecule has 0 radical (unpaired) electrons. The van der Waals surface area contributed by atoms with Crippen molar-refractivity contribution < 1.29 is 18.3 Å². The number of nitrogens with one attached hydrogen (secondary N) is 1. The van der Waals surface area contributed by atoms with Crippen LogP contribution in [0.15, 0.2) is 64.4 Å². The van der Waals surface area contributed by atoms with Crippen LogP contribution in [0.25, 0.3) is 11.2 Å². The van der Waals surface area contributed by atoms with Gasteiger partial charge in [-0.1, -0.05) is 12.1 Å². The van der Waals surface area contributed by atoms with E-state index in [0.29, 0.717) is 17.4 Å². The van der Waals surface area contributed by atoms with Gasteiger partial charge in [0, 0.05) is 18.5 Å². The van der Waals surface area contributed by atoms with E-state index in [1.54, 1.807) is 24.3 Å². The van der Waals surface area contributed by atoms with Crippen molar-refractivity contribution in [2.24, 2.45) is 0 Å². The Bertz CT molecular complexity index is 1480. The predicted molar refractivity (Wildman–Crippen MR) is 115 cm³/mol. The minimum Gasteiger partial charge on any atom is -0.497 e. The van der Waals surface area contributed by atoms with E-state index in [0.717, 1.165) is 21.3 Å². The van der Waals surface area contributed by atoms with Crippen LogP contribution in [0.1, 0.15) is 5.56 Å².